The van der Waals surface area contributed by atoms with E-state index in [0.717, 1.165) is 42.2 Å². The van der Waals surface area contributed by atoms with Crippen molar-refractivity contribution in [3.05, 3.63) is 66.0 Å². The first-order valence-corrected chi connectivity index (χ1v) is 12.1. The van der Waals surface area contributed by atoms with Crippen molar-refractivity contribution in [3.8, 4) is 11.4 Å². The van der Waals surface area contributed by atoms with E-state index in [1.54, 1.807) is 18.1 Å². The number of anilines is 1. The van der Waals surface area contributed by atoms with Gasteiger partial charge < -0.3 is 15.4 Å². The monoisotopic (exact) mass is 464 g/mol. The number of carbonyl (C=O) groups excluding carboxylic acids is 2. The summed E-state index contributed by atoms with van der Waals surface area (Å²) in [6.07, 6.45) is 4.29. The van der Waals surface area contributed by atoms with Crippen LogP contribution in [0.15, 0.2) is 59.8 Å². The molecule has 0 aliphatic heterocycles. The Morgan fingerprint density at radius 1 is 1.09 bits per heavy atom. The Balaban J connectivity index is 1.60. The van der Waals surface area contributed by atoms with E-state index >= 15 is 0 Å². The third kappa shape index (κ3) is 5.22. The van der Waals surface area contributed by atoms with E-state index in [9.17, 15) is 9.59 Å². The topological polar surface area (TPSA) is 90.4 Å². The van der Waals surface area contributed by atoms with Crippen LogP contribution in [0.2, 0.25) is 0 Å². The molecule has 1 aromatic heterocycles. The number of hydrogen-bond donors (Lipinski definition) is 1. The van der Waals surface area contributed by atoms with Crippen molar-refractivity contribution in [3.63, 3.8) is 0 Å². The summed E-state index contributed by atoms with van der Waals surface area (Å²) in [5.41, 5.74) is 9.40. The summed E-state index contributed by atoms with van der Waals surface area (Å²) in [5.74, 6) is 0.162. The number of nitrogens with zero attached hydrogens (tertiary/aromatic N) is 3. The number of aromatic nitrogens is 2. The van der Waals surface area contributed by atoms with Crippen LogP contribution in [-0.4, -0.2) is 40.8 Å². The lowest BCUT2D eigenvalue weighted by Gasteiger charge is -2.24. The lowest BCUT2D eigenvalue weighted by molar-refractivity contribution is -0.118. The van der Waals surface area contributed by atoms with Gasteiger partial charge in [0.05, 0.1) is 24.2 Å². The average molecular weight is 465 g/mol. The first kappa shape index (κ1) is 22.9. The van der Waals surface area contributed by atoms with Crippen molar-refractivity contribution in [2.45, 2.75) is 37.3 Å². The number of nitrogens with two attached hydrogens (primary N) is 1. The number of benzene rings is 2. The molecule has 0 fully saturated rings. The van der Waals surface area contributed by atoms with Crippen LogP contribution >= 0.6 is 11.8 Å². The van der Waals surface area contributed by atoms with Gasteiger partial charge in [0, 0.05) is 24.3 Å². The number of rotatable bonds is 9. The van der Waals surface area contributed by atoms with Crippen molar-refractivity contribution in [1.29, 1.82) is 0 Å². The number of hydrogen-bond acceptors (Lipinski definition) is 5. The summed E-state index contributed by atoms with van der Waals surface area (Å²) in [6, 6.07) is 17.4. The van der Waals surface area contributed by atoms with E-state index in [1.165, 1.54) is 17.5 Å². The number of methoxy groups -OCH3 is 1. The molecule has 0 bridgehead atoms. The average Bonchev–Trinajstić information content (AvgIpc) is 3.22. The summed E-state index contributed by atoms with van der Waals surface area (Å²) in [6.45, 7) is 0.193. The highest BCUT2D eigenvalue weighted by Gasteiger charge is 2.24. The van der Waals surface area contributed by atoms with Gasteiger partial charge >= 0.3 is 0 Å². The number of aryl methyl sites for hydroxylation is 1. The fourth-order valence-electron chi connectivity index (χ4n) is 4.11. The van der Waals surface area contributed by atoms with E-state index in [2.05, 4.69) is 16.7 Å². The molecular formula is C25H28N4O3S. The quantitative estimate of drug-likeness (QED) is 0.487. The number of para-hydroxylation sites is 3. The fourth-order valence-corrected chi connectivity index (χ4v) is 5.04. The second-order valence-electron chi connectivity index (χ2n) is 7.89. The van der Waals surface area contributed by atoms with Crippen LogP contribution in [0.4, 0.5) is 5.69 Å². The number of thioether (sulfide) groups is 1. The Kier molecular flexibility index (Phi) is 7.34. The second kappa shape index (κ2) is 10.6. The van der Waals surface area contributed by atoms with E-state index < -0.39 is 5.91 Å². The highest BCUT2D eigenvalue weighted by atomic mass is 32.2. The largest absolute Gasteiger partial charge is 0.495 e. The van der Waals surface area contributed by atoms with Crippen LogP contribution in [0.5, 0.6) is 5.75 Å². The van der Waals surface area contributed by atoms with Gasteiger partial charge in [-0.2, -0.15) is 0 Å². The Bertz CT molecular complexity index is 1130. The van der Waals surface area contributed by atoms with E-state index in [4.69, 9.17) is 15.5 Å². The van der Waals surface area contributed by atoms with Crippen LogP contribution in [0, 0.1) is 0 Å². The van der Waals surface area contributed by atoms with E-state index in [-0.39, 0.29) is 24.6 Å². The molecular weight excluding hydrogens is 436 g/mol. The van der Waals surface area contributed by atoms with Crippen LogP contribution in [0.25, 0.3) is 5.69 Å². The summed E-state index contributed by atoms with van der Waals surface area (Å²) in [4.78, 5) is 31.3. The molecule has 172 valence electrons. The normalized spacial score (nSPS) is 12.8. The van der Waals surface area contributed by atoms with Crippen LogP contribution in [0.1, 0.15) is 30.7 Å². The molecule has 0 atom stereocenters. The Hall–Kier alpha value is -3.26. The number of ether oxygens (including phenoxy) is 1. The number of imidazole rings is 1. The maximum Gasteiger partial charge on any atom is 0.237 e. The van der Waals surface area contributed by atoms with Gasteiger partial charge in [0.25, 0.3) is 0 Å². The summed E-state index contributed by atoms with van der Waals surface area (Å²) >= 11 is 1.42. The van der Waals surface area contributed by atoms with Gasteiger partial charge in [0.1, 0.15) is 5.75 Å². The van der Waals surface area contributed by atoms with Gasteiger partial charge in [-0.05, 0) is 49.9 Å². The Morgan fingerprint density at radius 2 is 1.82 bits per heavy atom. The lowest BCUT2D eigenvalue weighted by Crippen LogP contribution is -2.35. The molecule has 2 amide bonds. The molecule has 7 nitrogen and oxygen atoms in total. The molecule has 1 aliphatic carbocycles. The van der Waals surface area contributed by atoms with Gasteiger partial charge in [-0.15, -0.1) is 0 Å². The molecule has 2 aromatic carbocycles. The van der Waals surface area contributed by atoms with Crippen molar-refractivity contribution in [1.82, 2.24) is 9.55 Å². The third-order valence-corrected chi connectivity index (χ3v) is 6.62. The lowest BCUT2D eigenvalue weighted by atomic mass is 10.0. The molecule has 0 unspecified atom stereocenters. The molecule has 0 spiro atoms. The molecule has 0 saturated heterocycles. The SMILES string of the molecule is COc1ccccc1N(CCC(N)=O)C(=O)CSc1nc2c(n1-c1ccccc1)CCCC2. The second-order valence-corrected chi connectivity index (χ2v) is 8.83. The van der Waals surface area contributed by atoms with E-state index in [1.807, 2.05) is 36.4 Å². The van der Waals surface area contributed by atoms with Crippen LogP contribution in [0.3, 0.4) is 0 Å². The number of primary amides is 1. The minimum absolute atomic E-state index is 0.0708. The van der Waals surface area contributed by atoms with Gasteiger partial charge in [-0.3, -0.25) is 14.2 Å². The first-order valence-electron chi connectivity index (χ1n) is 11.1. The highest BCUT2D eigenvalue weighted by molar-refractivity contribution is 7.99. The summed E-state index contributed by atoms with van der Waals surface area (Å²) in [7, 11) is 1.56. The molecule has 0 radical (unpaired) electrons. The molecule has 4 rings (SSSR count). The Labute approximate surface area is 197 Å². The molecule has 2 N–H and O–H groups in total. The zero-order valence-corrected chi connectivity index (χ0v) is 19.5. The van der Waals surface area contributed by atoms with Gasteiger partial charge in [0.2, 0.25) is 11.8 Å². The zero-order valence-electron chi connectivity index (χ0n) is 18.7. The standard InChI is InChI=1S/C25H28N4O3S/c1-32-22-14-8-7-13-21(22)28(16-15-23(26)30)24(31)17-33-25-27-19-11-5-6-12-20(19)29(25)18-9-3-2-4-10-18/h2-4,7-10,13-14H,5-6,11-12,15-17H2,1H3,(H2,26,30). The molecule has 8 heteroatoms. The van der Waals surface area contributed by atoms with Crippen molar-refractivity contribution < 1.29 is 14.3 Å². The third-order valence-electron chi connectivity index (χ3n) is 5.70. The summed E-state index contributed by atoms with van der Waals surface area (Å²) in [5, 5.41) is 0.816. The van der Waals surface area contributed by atoms with Crippen molar-refractivity contribution in [2.24, 2.45) is 5.73 Å². The van der Waals surface area contributed by atoms with Crippen LogP contribution in [-0.2, 0) is 22.4 Å². The Morgan fingerprint density at radius 3 is 2.58 bits per heavy atom. The summed E-state index contributed by atoms with van der Waals surface area (Å²) < 4.78 is 7.63. The maximum atomic E-state index is 13.3. The zero-order chi connectivity index (χ0) is 23.2. The minimum atomic E-state index is -0.456. The van der Waals surface area contributed by atoms with Gasteiger partial charge in [0.15, 0.2) is 5.16 Å². The number of amides is 2. The minimum Gasteiger partial charge on any atom is -0.495 e. The van der Waals surface area contributed by atoms with Gasteiger partial charge in [-0.1, -0.05) is 42.1 Å². The number of carbonyl (C=O) groups is 2. The first-order chi connectivity index (χ1) is 16.1. The van der Waals surface area contributed by atoms with Crippen molar-refractivity contribution >= 4 is 29.3 Å². The predicted octanol–water partition coefficient (Wildman–Crippen LogP) is 3.76. The smallest absolute Gasteiger partial charge is 0.237 e. The van der Waals surface area contributed by atoms with E-state index in [0.29, 0.717) is 11.4 Å². The maximum absolute atomic E-state index is 13.3. The molecule has 1 heterocycles. The number of fused-ring (bicyclic) bond motifs is 1. The molecule has 1 aliphatic rings. The van der Waals surface area contributed by atoms with Crippen LogP contribution < -0.4 is 15.4 Å². The predicted molar refractivity (Wildman–Crippen MR) is 130 cm³/mol. The molecule has 0 saturated carbocycles. The van der Waals surface area contributed by atoms with Crippen molar-refractivity contribution in [2.75, 3.05) is 24.3 Å². The molecule has 33 heavy (non-hydrogen) atoms. The fraction of sp³-hybridized carbons (Fsp3) is 0.320. The highest BCUT2D eigenvalue weighted by Crippen LogP contribution is 2.32. The molecule has 3 aromatic rings. The van der Waals surface area contributed by atoms with Gasteiger partial charge in [-0.25, -0.2) is 4.98 Å².